The number of nitrogens with zero attached hydrogens (tertiary/aromatic N) is 6. The summed E-state index contributed by atoms with van der Waals surface area (Å²) < 4.78 is 7.78. The highest BCUT2D eigenvalue weighted by atomic mass is 16.5. The van der Waals surface area contributed by atoms with Crippen molar-refractivity contribution in [2.24, 2.45) is 0 Å². The number of ether oxygens (including phenoxy) is 1. The maximum Gasteiger partial charge on any atom is 0.231 e. The lowest BCUT2D eigenvalue weighted by atomic mass is 9.95. The number of anilines is 4. The number of fused-ring (bicyclic) bond motifs is 1. The smallest absolute Gasteiger partial charge is 0.231 e. The Hall–Kier alpha value is -2.91. The Morgan fingerprint density at radius 2 is 1.68 bits per heavy atom. The minimum atomic E-state index is 0.453. The second kappa shape index (κ2) is 12.3. The van der Waals surface area contributed by atoms with Crippen LogP contribution in [-0.4, -0.2) is 75.9 Å². The fourth-order valence-corrected chi connectivity index (χ4v) is 5.84. The van der Waals surface area contributed by atoms with E-state index in [1.165, 1.54) is 37.8 Å². The third-order valence-corrected chi connectivity index (χ3v) is 7.88. The van der Waals surface area contributed by atoms with Crippen LogP contribution in [-0.2, 0) is 4.74 Å². The van der Waals surface area contributed by atoms with Crippen molar-refractivity contribution < 1.29 is 4.74 Å². The Morgan fingerprint density at radius 3 is 2.37 bits per heavy atom. The standard InChI is InChI=1S/C29H44N8O/c1-21(2)36(22(3)4)15-14-30-27-26-28(37(20-31-26)25-8-6-5-7-9-25)34-29(33-27)32-23-10-12-24(13-11-23)35-16-18-38-19-17-35/h10-13,20-22,25H,5-9,14-19H2,1-4H3,(H2,30,32,33,34). The maximum absolute atomic E-state index is 5.49. The topological polar surface area (TPSA) is 83.4 Å². The van der Waals surface area contributed by atoms with Crippen molar-refractivity contribution in [2.75, 3.05) is 54.9 Å². The molecule has 1 aliphatic heterocycles. The van der Waals surface area contributed by atoms with Crippen molar-refractivity contribution in [3.8, 4) is 0 Å². The molecule has 1 aromatic carbocycles. The molecule has 3 heterocycles. The Bertz CT molecular complexity index is 1160. The van der Waals surface area contributed by atoms with Crippen LogP contribution in [0.1, 0.15) is 65.8 Å². The van der Waals surface area contributed by atoms with E-state index in [-0.39, 0.29) is 0 Å². The van der Waals surface area contributed by atoms with Gasteiger partial charge < -0.3 is 24.8 Å². The molecule has 0 atom stereocenters. The summed E-state index contributed by atoms with van der Waals surface area (Å²) >= 11 is 0. The van der Waals surface area contributed by atoms with Gasteiger partial charge in [0.2, 0.25) is 5.95 Å². The van der Waals surface area contributed by atoms with Crippen molar-refractivity contribution in [1.82, 2.24) is 24.4 Å². The minimum Gasteiger partial charge on any atom is -0.378 e. The van der Waals surface area contributed by atoms with E-state index >= 15 is 0 Å². The third kappa shape index (κ3) is 6.21. The predicted molar refractivity (Wildman–Crippen MR) is 156 cm³/mol. The van der Waals surface area contributed by atoms with E-state index < -0.39 is 0 Å². The van der Waals surface area contributed by atoms with Crippen LogP contribution in [0.15, 0.2) is 30.6 Å². The molecule has 0 amide bonds. The molecule has 2 fully saturated rings. The van der Waals surface area contributed by atoms with Gasteiger partial charge in [0.25, 0.3) is 0 Å². The van der Waals surface area contributed by atoms with Gasteiger partial charge in [0.1, 0.15) is 0 Å². The van der Waals surface area contributed by atoms with Crippen molar-refractivity contribution in [2.45, 2.75) is 77.9 Å². The van der Waals surface area contributed by atoms with Crippen LogP contribution in [0.4, 0.5) is 23.1 Å². The van der Waals surface area contributed by atoms with Gasteiger partial charge >= 0.3 is 0 Å². The first-order valence-corrected chi connectivity index (χ1v) is 14.4. The Balaban J connectivity index is 1.39. The first kappa shape index (κ1) is 26.7. The van der Waals surface area contributed by atoms with Crippen LogP contribution in [0.25, 0.3) is 11.2 Å². The molecule has 0 unspecified atom stereocenters. The lowest BCUT2D eigenvalue weighted by Crippen LogP contribution is -2.40. The van der Waals surface area contributed by atoms with E-state index in [1.807, 2.05) is 6.33 Å². The number of aromatic nitrogens is 4. The maximum atomic E-state index is 5.49. The summed E-state index contributed by atoms with van der Waals surface area (Å²) in [6.45, 7) is 14.2. The Kier molecular flexibility index (Phi) is 8.64. The zero-order valence-corrected chi connectivity index (χ0v) is 23.5. The molecule has 2 aromatic heterocycles. The molecule has 3 aromatic rings. The Labute approximate surface area is 227 Å². The van der Waals surface area contributed by atoms with Gasteiger partial charge in [-0.1, -0.05) is 19.3 Å². The number of hydrogen-bond donors (Lipinski definition) is 2. The zero-order valence-electron chi connectivity index (χ0n) is 23.5. The quantitative estimate of drug-likeness (QED) is 0.366. The van der Waals surface area contributed by atoms with Gasteiger partial charge in [-0.25, -0.2) is 4.98 Å². The van der Waals surface area contributed by atoms with Crippen molar-refractivity contribution in [1.29, 1.82) is 0 Å². The van der Waals surface area contributed by atoms with E-state index in [0.717, 1.165) is 62.1 Å². The second-order valence-electron chi connectivity index (χ2n) is 11.1. The SMILES string of the molecule is CC(C)N(CCNc1nc(Nc2ccc(N3CCOCC3)cc2)nc2c1ncn2C1CCCCC1)C(C)C. The van der Waals surface area contributed by atoms with E-state index in [1.54, 1.807) is 0 Å². The van der Waals surface area contributed by atoms with E-state index in [4.69, 9.17) is 19.7 Å². The number of benzene rings is 1. The molecule has 1 saturated carbocycles. The number of imidazole rings is 1. The van der Waals surface area contributed by atoms with Gasteiger partial charge in [0, 0.05) is 55.7 Å². The van der Waals surface area contributed by atoms with Gasteiger partial charge in [-0.2, -0.15) is 9.97 Å². The molecule has 0 bridgehead atoms. The molecular formula is C29H44N8O. The first-order chi connectivity index (χ1) is 18.5. The van der Waals surface area contributed by atoms with E-state index in [9.17, 15) is 0 Å². The van der Waals surface area contributed by atoms with Crippen LogP contribution in [0, 0.1) is 0 Å². The molecule has 206 valence electrons. The van der Waals surface area contributed by atoms with Crippen LogP contribution in [0.5, 0.6) is 0 Å². The number of nitrogens with one attached hydrogen (secondary N) is 2. The largest absolute Gasteiger partial charge is 0.378 e. The molecule has 2 N–H and O–H groups in total. The van der Waals surface area contributed by atoms with Crippen molar-refractivity contribution in [3.05, 3.63) is 30.6 Å². The molecule has 9 nitrogen and oxygen atoms in total. The van der Waals surface area contributed by atoms with Gasteiger partial charge in [-0.05, 0) is 64.8 Å². The summed E-state index contributed by atoms with van der Waals surface area (Å²) in [7, 11) is 0. The van der Waals surface area contributed by atoms with Crippen molar-refractivity contribution in [3.63, 3.8) is 0 Å². The monoisotopic (exact) mass is 520 g/mol. The summed E-state index contributed by atoms with van der Waals surface area (Å²) in [5.74, 6) is 1.39. The fourth-order valence-electron chi connectivity index (χ4n) is 5.84. The lowest BCUT2D eigenvalue weighted by Gasteiger charge is -2.30. The first-order valence-electron chi connectivity index (χ1n) is 14.4. The summed E-state index contributed by atoms with van der Waals surface area (Å²) in [6, 6.07) is 9.96. The summed E-state index contributed by atoms with van der Waals surface area (Å²) in [4.78, 5) is 19.5. The highest BCUT2D eigenvalue weighted by molar-refractivity contribution is 5.85. The predicted octanol–water partition coefficient (Wildman–Crippen LogP) is 5.44. The van der Waals surface area contributed by atoms with Crippen LogP contribution < -0.4 is 15.5 Å². The van der Waals surface area contributed by atoms with Gasteiger partial charge in [-0.15, -0.1) is 0 Å². The van der Waals surface area contributed by atoms with Gasteiger partial charge in [0.05, 0.1) is 19.5 Å². The van der Waals surface area contributed by atoms with E-state index in [0.29, 0.717) is 24.1 Å². The fraction of sp³-hybridized carbons (Fsp3) is 0.621. The van der Waals surface area contributed by atoms with E-state index in [2.05, 4.69) is 77.0 Å². The highest BCUT2D eigenvalue weighted by Crippen LogP contribution is 2.32. The average molecular weight is 521 g/mol. The highest BCUT2D eigenvalue weighted by Gasteiger charge is 2.21. The van der Waals surface area contributed by atoms with Crippen LogP contribution in [0.3, 0.4) is 0 Å². The number of rotatable bonds is 10. The number of hydrogen-bond acceptors (Lipinski definition) is 8. The molecular weight excluding hydrogens is 476 g/mol. The van der Waals surface area contributed by atoms with Gasteiger partial charge in [-0.3, -0.25) is 4.90 Å². The summed E-state index contributed by atoms with van der Waals surface area (Å²) in [5.41, 5.74) is 3.95. The van der Waals surface area contributed by atoms with Crippen molar-refractivity contribution >= 4 is 34.3 Å². The molecule has 9 heteroatoms. The average Bonchev–Trinajstić information content (AvgIpc) is 3.36. The van der Waals surface area contributed by atoms with Crippen LogP contribution >= 0.6 is 0 Å². The Morgan fingerprint density at radius 1 is 0.974 bits per heavy atom. The molecule has 5 rings (SSSR count). The van der Waals surface area contributed by atoms with Crippen LogP contribution in [0.2, 0.25) is 0 Å². The molecule has 1 aliphatic carbocycles. The van der Waals surface area contributed by atoms with Gasteiger partial charge in [0.15, 0.2) is 17.0 Å². The summed E-state index contributed by atoms with van der Waals surface area (Å²) in [6.07, 6.45) is 8.18. The molecule has 0 radical (unpaired) electrons. The lowest BCUT2D eigenvalue weighted by molar-refractivity contribution is 0.122. The second-order valence-corrected chi connectivity index (χ2v) is 11.1. The molecule has 38 heavy (non-hydrogen) atoms. The minimum absolute atomic E-state index is 0.453. The normalized spacial score (nSPS) is 17.2. The number of morpholine rings is 1. The molecule has 0 spiro atoms. The zero-order chi connectivity index (χ0) is 26.5. The molecule has 2 aliphatic rings. The third-order valence-electron chi connectivity index (χ3n) is 7.88. The molecule has 1 saturated heterocycles. The summed E-state index contributed by atoms with van der Waals surface area (Å²) in [5, 5.41) is 7.06.